The standard InChI is InChI=1S/C19H23N3O3S/c1-15-8-9-18(12-16(15)2)20-19(23)14-22-11-10-21(26(22,24)25)13-17-6-4-3-5-7-17/h3-9,12H,10-11,13-14H2,1-2H3,(H,20,23). The van der Waals surface area contributed by atoms with Gasteiger partial charge < -0.3 is 5.32 Å². The Morgan fingerprint density at radius 2 is 1.69 bits per heavy atom. The van der Waals surface area contributed by atoms with Gasteiger partial charge in [0.1, 0.15) is 0 Å². The summed E-state index contributed by atoms with van der Waals surface area (Å²) in [5.74, 6) is -0.335. The third-order valence-corrected chi connectivity index (χ3v) is 6.49. The number of aryl methyl sites for hydroxylation is 2. The van der Waals surface area contributed by atoms with Crippen molar-refractivity contribution in [2.24, 2.45) is 0 Å². The van der Waals surface area contributed by atoms with Crippen LogP contribution in [0.4, 0.5) is 5.69 Å². The molecule has 26 heavy (non-hydrogen) atoms. The minimum atomic E-state index is -3.62. The molecule has 1 N–H and O–H groups in total. The number of nitrogens with one attached hydrogen (secondary N) is 1. The first-order valence-electron chi connectivity index (χ1n) is 8.52. The van der Waals surface area contributed by atoms with Crippen LogP contribution in [0.25, 0.3) is 0 Å². The van der Waals surface area contributed by atoms with Gasteiger partial charge in [0.05, 0.1) is 6.54 Å². The van der Waals surface area contributed by atoms with Crippen LogP contribution in [0.5, 0.6) is 0 Å². The van der Waals surface area contributed by atoms with E-state index in [-0.39, 0.29) is 12.5 Å². The number of nitrogens with zero attached hydrogens (tertiary/aromatic N) is 2. The predicted octanol–water partition coefficient (Wildman–Crippen LogP) is 2.30. The Labute approximate surface area is 154 Å². The Morgan fingerprint density at radius 3 is 2.38 bits per heavy atom. The van der Waals surface area contributed by atoms with E-state index in [4.69, 9.17) is 0 Å². The lowest BCUT2D eigenvalue weighted by Gasteiger charge is -2.18. The van der Waals surface area contributed by atoms with Gasteiger partial charge >= 0.3 is 0 Å². The van der Waals surface area contributed by atoms with Crippen LogP contribution in [-0.4, -0.2) is 42.6 Å². The fraction of sp³-hybridized carbons (Fsp3) is 0.316. The van der Waals surface area contributed by atoms with Crippen molar-refractivity contribution in [1.82, 2.24) is 8.61 Å². The summed E-state index contributed by atoms with van der Waals surface area (Å²) in [4.78, 5) is 12.3. The summed E-state index contributed by atoms with van der Waals surface area (Å²) in [7, 11) is -3.62. The maximum atomic E-state index is 12.7. The first kappa shape index (κ1) is 18.6. The molecule has 0 bridgehead atoms. The molecular formula is C19H23N3O3S. The van der Waals surface area contributed by atoms with Crippen LogP contribution in [0.3, 0.4) is 0 Å². The summed E-state index contributed by atoms with van der Waals surface area (Å²) in [6.45, 7) is 4.80. The zero-order valence-electron chi connectivity index (χ0n) is 15.0. The topological polar surface area (TPSA) is 69.7 Å². The van der Waals surface area contributed by atoms with E-state index in [0.717, 1.165) is 16.7 Å². The number of carbonyl (C=O) groups excluding carboxylic acids is 1. The van der Waals surface area contributed by atoms with Gasteiger partial charge in [0.15, 0.2) is 0 Å². The number of anilines is 1. The molecule has 1 amide bonds. The second-order valence-electron chi connectivity index (χ2n) is 6.51. The van der Waals surface area contributed by atoms with E-state index in [1.165, 1.54) is 8.61 Å². The highest BCUT2D eigenvalue weighted by atomic mass is 32.2. The number of hydrogen-bond donors (Lipinski definition) is 1. The summed E-state index contributed by atoms with van der Waals surface area (Å²) in [5.41, 5.74) is 3.82. The Kier molecular flexibility index (Phi) is 5.41. The maximum absolute atomic E-state index is 12.7. The van der Waals surface area contributed by atoms with Crippen molar-refractivity contribution in [2.75, 3.05) is 25.0 Å². The van der Waals surface area contributed by atoms with Gasteiger partial charge in [0.2, 0.25) is 5.91 Å². The number of carbonyl (C=O) groups is 1. The van der Waals surface area contributed by atoms with Gasteiger partial charge in [-0.1, -0.05) is 36.4 Å². The van der Waals surface area contributed by atoms with Crippen molar-refractivity contribution in [3.8, 4) is 0 Å². The lowest BCUT2D eigenvalue weighted by molar-refractivity contribution is -0.116. The molecule has 1 aliphatic heterocycles. The molecule has 7 heteroatoms. The highest BCUT2D eigenvalue weighted by Gasteiger charge is 2.37. The average molecular weight is 373 g/mol. The predicted molar refractivity (Wildman–Crippen MR) is 102 cm³/mol. The van der Waals surface area contributed by atoms with Crippen molar-refractivity contribution in [3.05, 3.63) is 65.2 Å². The fourth-order valence-electron chi connectivity index (χ4n) is 2.91. The fourth-order valence-corrected chi connectivity index (χ4v) is 4.45. The molecule has 138 valence electrons. The van der Waals surface area contributed by atoms with Crippen molar-refractivity contribution in [2.45, 2.75) is 20.4 Å². The maximum Gasteiger partial charge on any atom is 0.282 e. The second-order valence-corrected chi connectivity index (χ2v) is 8.44. The first-order chi connectivity index (χ1) is 12.4. The van der Waals surface area contributed by atoms with E-state index in [1.807, 2.05) is 62.4 Å². The Hall–Kier alpha value is -2.22. The molecule has 0 saturated carbocycles. The monoisotopic (exact) mass is 373 g/mol. The SMILES string of the molecule is Cc1ccc(NC(=O)CN2CCN(Cc3ccccc3)S2(=O)=O)cc1C. The molecule has 1 heterocycles. The minimum Gasteiger partial charge on any atom is -0.325 e. The van der Waals surface area contributed by atoms with Crippen molar-refractivity contribution >= 4 is 21.8 Å². The number of rotatable bonds is 5. The van der Waals surface area contributed by atoms with Crippen molar-refractivity contribution < 1.29 is 13.2 Å². The van der Waals surface area contributed by atoms with Crippen LogP contribution < -0.4 is 5.32 Å². The summed E-state index contributed by atoms with van der Waals surface area (Å²) >= 11 is 0. The smallest absolute Gasteiger partial charge is 0.282 e. The Balaban J connectivity index is 1.62. The van der Waals surface area contributed by atoms with E-state index in [9.17, 15) is 13.2 Å². The van der Waals surface area contributed by atoms with E-state index in [0.29, 0.717) is 25.3 Å². The molecule has 1 fully saturated rings. The Morgan fingerprint density at radius 1 is 1.00 bits per heavy atom. The van der Waals surface area contributed by atoms with Crippen LogP contribution in [-0.2, 0) is 21.5 Å². The molecule has 0 aromatic heterocycles. The molecule has 0 radical (unpaired) electrons. The lowest BCUT2D eigenvalue weighted by Crippen LogP contribution is -2.37. The second kappa shape index (κ2) is 7.57. The average Bonchev–Trinajstić information content (AvgIpc) is 2.87. The van der Waals surface area contributed by atoms with E-state index in [2.05, 4.69) is 5.32 Å². The van der Waals surface area contributed by atoms with Gasteiger partial charge in [-0.15, -0.1) is 0 Å². The highest BCUT2D eigenvalue weighted by Crippen LogP contribution is 2.20. The number of benzene rings is 2. The van der Waals surface area contributed by atoms with Crippen LogP contribution in [0.1, 0.15) is 16.7 Å². The van der Waals surface area contributed by atoms with Gasteiger partial charge in [-0.2, -0.15) is 17.0 Å². The van der Waals surface area contributed by atoms with Gasteiger partial charge in [-0.3, -0.25) is 4.79 Å². The normalized spacial score (nSPS) is 17.3. The van der Waals surface area contributed by atoms with Crippen LogP contribution in [0.2, 0.25) is 0 Å². The van der Waals surface area contributed by atoms with Crippen molar-refractivity contribution in [1.29, 1.82) is 0 Å². The molecule has 2 aromatic carbocycles. The summed E-state index contributed by atoms with van der Waals surface area (Å²) in [6.07, 6.45) is 0. The molecule has 1 saturated heterocycles. The molecule has 6 nitrogen and oxygen atoms in total. The third kappa shape index (κ3) is 4.12. The highest BCUT2D eigenvalue weighted by molar-refractivity contribution is 7.87. The van der Waals surface area contributed by atoms with E-state index in [1.54, 1.807) is 0 Å². The Bertz CT molecular complexity index is 898. The van der Waals surface area contributed by atoms with E-state index >= 15 is 0 Å². The lowest BCUT2D eigenvalue weighted by atomic mass is 10.1. The quantitative estimate of drug-likeness (QED) is 0.874. The first-order valence-corrected chi connectivity index (χ1v) is 9.92. The minimum absolute atomic E-state index is 0.180. The van der Waals surface area contributed by atoms with Crippen molar-refractivity contribution in [3.63, 3.8) is 0 Å². The van der Waals surface area contributed by atoms with Gasteiger partial charge in [0.25, 0.3) is 10.2 Å². The molecule has 0 spiro atoms. The number of amides is 1. The van der Waals surface area contributed by atoms with Crippen LogP contribution >= 0.6 is 0 Å². The summed E-state index contributed by atoms with van der Waals surface area (Å²) < 4.78 is 27.9. The number of hydrogen-bond acceptors (Lipinski definition) is 3. The van der Waals surface area contributed by atoms with Crippen LogP contribution in [0.15, 0.2) is 48.5 Å². The van der Waals surface area contributed by atoms with Crippen LogP contribution in [0, 0.1) is 13.8 Å². The molecular weight excluding hydrogens is 350 g/mol. The van der Waals surface area contributed by atoms with E-state index < -0.39 is 10.2 Å². The molecule has 0 aliphatic carbocycles. The van der Waals surface area contributed by atoms with Gasteiger partial charge in [-0.05, 0) is 42.7 Å². The largest absolute Gasteiger partial charge is 0.325 e. The molecule has 3 rings (SSSR count). The summed E-state index contributed by atoms with van der Waals surface area (Å²) in [5, 5.41) is 2.78. The molecule has 0 unspecified atom stereocenters. The zero-order valence-corrected chi connectivity index (χ0v) is 15.8. The van der Waals surface area contributed by atoms with Gasteiger partial charge in [0, 0.05) is 25.3 Å². The molecule has 2 aromatic rings. The molecule has 0 atom stereocenters. The third-order valence-electron chi connectivity index (χ3n) is 4.56. The van der Waals surface area contributed by atoms with Gasteiger partial charge in [-0.25, -0.2) is 0 Å². The summed E-state index contributed by atoms with van der Waals surface area (Å²) in [6, 6.07) is 15.1. The molecule has 1 aliphatic rings. The zero-order chi connectivity index (χ0) is 18.7.